The molecule has 0 bridgehead atoms. The molecule has 2 aromatic heterocycles. The minimum Gasteiger partial charge on any atom is -0.325 e. The van der Waals surface area contributed by atoms with Crippen molar-refractivity contribution >= 4 is 40.1 Å². The Morgan fingerprint density at radius 2 is 1.32 bits per heavy atom. The van der Waals surface area contributed by atoms with Crippen LogP contribution >= 0.6 is 22.7 Å². The molecule has 0 spiro atoms. The fraction of sp³-hybridized carbons (Fsp3) is 0.500. The SMILES string of the molecule is Cc1sc(C)c2c1CCCC(=O)N2.Cc1sc(C)c2c1CCCC2=O. The molecule has 0 atom stereocenters. The molecule has 0 saturated heterocycles. The first-order chi connectivity index (χ1) is 11.9. The number of fused-ring (bicyclic) bond motifs is 2. The largest absolute Gasteiger partial charge is 0.325 e. The fourth-order valence-electron chi connectivity index (χ4n) is 3.77. The van der Waals surface area contributed by atoms with Gasteiger partial charge in [0.2, 0.25) is 5.91 Å². The summed E-state index contributed by atoms with van der Waals surface area (Å²) < 4.78 is 0. The number of Topliss-reactive ketones (excluding diaryl/α,β-unsaturated/α-hetero) is 1. The molecule has 134 valence electrons. The van der Waals surface area contributed by atoms with Crippen molar-refractivity contribution in [2.45, 2.75) is 66.2 Å². The van der Waals surface area contributed by atoms with Crippen molar-refractivity contribution in [1.29, 1.82) is 0 Å². The minimum atomic E-state index is 0.166. The molecule has 2 aliphatic rings. The summed E-state index contributed by atoms with van der Waals surface area (Å²) in [7, 11) is 0. The highest BCUT2D eigenvalue weighted by molar-refractivity contribution is 7.12. The summed E-state index contributed by atoms with van der Waals surface area (Å²) in [5.74, 6) is 0.526. The predicted octanol–water partition coefficient (Wildman–Crippen LogP) is 5.52. The number of nitrogens with one attached hydrogen (secondary N) is 1. The van der Waals surface area contributed by atoms with Gasteiger partial charge < -0.3 is 5.32 Å². The van der Waals surface area contributed by atoms with Crippen LogP contribution in [0.2, 0.25) is 0 Å². The maximum Gasteiger partial charge on any atom is 0.224 e. The number of aryl methyl sites for hydroxylation is 4. The highest BCUT2D eigenvalue weighted by Crippen LogP contribution is 2.35. The molecule has 0 aromatic carbocycles. The van der Waals surface area contributed by atoms with Crippen LogP contribution < -0.4 is 5.32 Å². The highest BCUT2D eigenvalue weighted by atomic mass is 32.1. The summed E-state index contributed by atoms with van der Waals surface area (Å²) >= 11 is 3.55. The van der Waals surface area contributed by atoms with Gasteiger partial charge in [-0.2, -0.15) is 0 Å². The second kappa shape index (κ2) is 7.42. The van der Waals surface area contributed by atoms with Gasteiger partial charge in [-0.25, -0.2) is 0 Å². The van der Waals surface area contributed by atoms with E-state index in [9.17, 15) is 9.59 Å². The van der Waals surface area contributed by atoms with Crippen molar-refractivity contribution in [3.8, 4) is 0 Å². The fourth-order valence-corrected chi connectivity index (χ4v) is 5.96. The van der Waals surface area contributed by atoms with E-state index in [1.807, 2.05) is 0 Å². The van der Waals surface area contributed by atoms with Gasteiger partial charge in [0.15, 0.2) is 5.78 Å². The van der Waals surface area contributed by atoms with E-state index in [1.54, 1.807) is 22.7 Å². The van der Waals surface area contributed by atoms with E-state index in [1.165, 1.54) is 30.6 Å². The first-order valence-corrected chi connectivity index (χ1v) is 10.5. The lowest BCUT2D eigenvalue weighted by Gasteiger charge is -2.11. The molecule has 3 nitrogen and oxygen atoms in total. The molecule has 4 rings (SSSR count). The normalized spacial score (nSPS) is 16.3. The number of carbonyl (C=O) groups excluding carboxylic acids is 2. The number of ketones is 1. The Bertz CT molecular complexity index is 829. The van der Waals surface area contributed by atoms with Gasteiger partial charge in [-0.1, -0.05) is 0 Å². The molecule has 5 heteroatoms. The van der Waals surface area contributed by atoms with Gasteiger partial charge in [0.25, 0.3) is 0 Å². The molecular formula is C20H25NO2S2. The van der Waals surface area contributed by atoms with Crippen LogP contribution in [0.15, 0.2) is 0 Å². The van der Waals surface area contributed by atoms with Crippen LogP contribution in [0.3, 0.4) is 0 Å². The molecule has 25 heavy (non-hydrogen) atoms. The van der Waals surface area contributed by atoms with Gasteiger partial charge in [0.1, 0.15) is 0 Å². The Hall–Kier alpha value is -1.46. The summed E-state index contributed by atoms with van der Waals surface area (Å²) in [5.41, 5.74) is 4.82. The Morgan fingerprint density at radius 1 is 0.720 bits per heavy atom. The maximum atomic E-state index is 11.5. The number of rotatable bonds is 0. The van der Waals surface area contributed by atoms with Crippen molar-refractivity contribution in [2.24, 2.45) is 0 Å². The molecular weight excluding hydrogens is 350 g/mol. The molecule has 0 unspecified atom stereocenters. The summed E-state index contributed by atoms with van der Waals surface area (Å²) in [6.45, 7) is 8.38. The molecule has 2 aromatic rings. The number of carbonyl (C=O) groups is 2. The van der Waals surface area contributed by atoms with Crippen LogP contribution in [0.4, 0.5) is 5.69 Å². The zero-order valence-electron chi connectivity index (χ0n) is 15.4. The number of anilines is 1. The van der Waals surface area contributed by atoms with Crippen LogP contribution in [0.1, 0.15) is 66.7 Å². The summed E-state index contributed by atoms with van der Waals surface area (Å²) in [5, 5.41) is 2.98. The predicted molar refractivity (Wildman–Crippen MR) is 106 cm³/mol. The number of thiophene rings is 2. The summed E-state index contributed by atoms with van der Waals surface area (Å²) in [6.07, 6.45) is 5.60. The van der Waals surface area contributed by atoms with Gasteiger partial charge in [-0.15, -0.1) is 22.7 Å². The van der Waals surface area contributed by atoms with Gasteiger partial charge in [-0.05, 0) is 64.5 Å². The lowest BCUT2D eigenvalue weighted by molar-refractivity contribution is -0.116. The van der Waals surface area contributed by atoms with Crippen molar-refractivity contribution in [3.63, 3.8) is 0 Å². The molecule has 0 saturated carbocycles. The average Bonchev–Trinajstić information content (AvgIpc) is 2.89. The Kier molecular flexibility index (Phi) is 5.44. The molecule has 1 aliphatic heterocycles. The first-order valence-electron chi connectivity index (χ1n) is 8.89. The summed E-state index contributed by atoms with van der Waals surface area (Å²) in [6, 6.07) is 0. The zero-order chi connectivity index (χ0) is 18.1. The minimum absolute atomic E-state index is 0.166. The lowest BCUT2D eigenvalue weighted by Crippen LogP contribution is -2.09. The van der Waals surface area contributed by atoms with Crippen molar-refractivity contribution in [3.05, 3.63) is 36.2 Å². The van der Waals surface area contributed by atoms with E-state index in [0.717, 1.165) is 43.4 Å². The van der Waals surface area contributed by atoms with E-state index in [4.69, 9.17) is 0 Å². The lowest BCUT2D eigenvalue weighted by atomic mass is 9.91. The topological polar surface area (TPSA) is 46.2 Å². The molecule has 1 N–H and O–H groups in total. The third kappa shape index (κ3) is 3.72. The van der Waals surface area contributed by atoms with Gasteiger partial charge >= 0.3 is 0 Å². The maximum absolute atomic E-state index is 11.5. The van der Waals surface area contributed by atoms with Gasteiger partial charge in [0.05, 0.1) is 5.69 Å². The van der Waals surface area contributed by atoms with E-state index >= 15 is 0 Å². The van der Waals surface area contributed by atoms with E-state index in [2.05, 4.69) is 33.0 Å². The second-order valence-corrected chi connectivity index (χ2v) is 9.67. The molecule has 0 fully saturated rings. The number of amides is 1. The van der Waals surface area contributed by atoms with Crippen molar-refractivity contribution in [1.82, 2.24) is 0 Å². The van der Waals surface area contributed by atoms with Crippen molar-refractivity contribution in [2.75, 3.05) is 5.32 Å². The number of hydrogen-bond donors (Lipinski definition) is 1. The first kappa shape index (κ1) is 18.3. The van der Waals surface area contributed by atoms with E-state index in [0.29, 0.717) is 12.2 Å². The van der Waals surface area contributed by atoms with Crippen LogP contribution in [0.5, 0.6) is 0 Å². The van der Waals surface area contributed by atoms with E-state index < -0.39 is 0 Å². The van der Waals surface area contributed by atoms with Crippen LogP contribution in [-0.2, 0) is 17.6 Å². The quantitative estimate of drug-likeness (QED) is 0.658. The second-order valence-electron chi connectivity index (χ2n) is 6.81. The Morgan fingerprint density at radius 3 is 2.04 bits per heavy atom. The van der Waals surface area contributed by atoms with Gasteiger partial charge in [0, 0.05) is 37.9 Å². The molecule has 1 amide bonds. The van der Waals surface area contributed by atoms with Crippen LogP contribution in [-0.4, -0.2) is 11.7 Å². The third-order valence-corrected chi connectivity index (χ3v) is 7.10. The van der Waals surface area contributed by atoms with Crippen LogP contribution in [0.25, 0.3) is 0 Å². The zero-order valence-corrected chi connectivity index (χ0v) is 17.0. The standard InChI is InChI=1S/C10H13NOS.C10H12OS/c1-6-8-4-3-5-9(12)11-10(8)7(2)13-6;1-6-8-4-3-5-9(11)10(8)7(2)12-6/h3-5H2,1-2H3,(H,11,12);3-5H2,1-2H3. The highest BCUT2D eigenvalue weighted by Gasteiger charge is 2.22. The molecule has 0 radical (unpaired) electrons. The Labute approximate surface area is 157 Å². The third-order valence-electron chi connectivity index (χ3n) is 4.97. The Balaban J connectivity index is 0.000000146. The van der Waals surface area contributed by atoms with Crippen molar-refractivity contribution < 1.29 is 9.59 Å². The summed E-state index contributed by atoms with van der Waals surface area (Å²) in [4.78, 5) is 28.0. The number of hydrogen-bond acceptors (Lipinski definition) is 4. The van der Waals surface area contributed by atoms with Gasteiger partial charge in [-0.3, -0.25) is 9.59 Å². The van der Waals surface area contributed by atoms with Crippen LogP contribution in [0, 0.1) is 27.7 Å². The van der Waals surface area contributed by atoms with E-state index in [-0.39, 0.29) is 5.91 Å². The monoisotopic (exact) mass is 375 g/mol. The smallest absolute Gasteiger partial charge is 0.224 e. The average molecular weight is 376 g/mol. The molecule has 1 aliphatic carbocycles. The molecule has 3 heterocycles.